The summed E-state index contributed by atoms with van der Waals surface area (Å²) in [6.07, 6.45) is 1.77. The second-order valence-corrected chi connectivity index (χ2v) is 9.28. The lowest BCUT2D eigenvalue weighted by Crippen LogP contribution is -2.35. The molecule has 0 spiro atoms. The Balaban J connectivity index is 1.47. The minimum atomic E-state index is -0.0675. The van der Waals surface area contributed by atoms with E-state index in [2.05, 4.69) is 46.3 Å². The van der Waals surface area contributed by atoms with Crippen molar-refractivity contribution in [2.75, 3.05) is 32.8 Å². The van der Waals surface area contributed by atoms with Gasteiger partial charge in [0.1, 0.15) is 17.9 Å². The van der Waals surface area contributed by atoms with Crippen LogP contribution in [0.15, 0.2) is 79.0 Å². The number of ether oxygens (including phenoxy) is 2. The standard InChI is InChI=1S/C29H30ClN3O2/c30-27-17-25(26(18-31)23-10-8-21(9-11-23)19-33-13-15-34-16-14-33)29(28-24(27)7-4-12-32-28)35-20-22-5-2-1-3-6-22/h1-12,17,26H,13-16,18-20,31H2. The SMILES string of the molecule is NCC(c1ccc(CN2CCOCC2)cc1)c1cc(Cl)c2cccnc2c1OCc1ccccc1. The van der Waals surface area contributed by atoms with Gasteiger partial charge in [0.25, 0.3) is 0 Å². The molecule has 0 saturated carbocycles. The summed E-state index contributed by atoms with van der Waals surface area (Å²) >= 11 is 6.72. The van der Waals surface area contributed by atoms with Crippen molar-refractivity contribution in [2.45, 2.75) is 19.1 Å². The molecule has 2 heterocycles. The molecule has 1 atom stereocenters. The van der Waals surface area contributed by atoms with E-state index in [9.17, 15) is 0 Å². The third-order valence-electron chi connectivity index (χ3n) is 6.55. The van der Waals surface area contributed by atoms with Gasteiger partial charge in [-0.2, -0.15) is 0 Å². The molecule has 0 amide bonds. The molecule has 0 bridgehead atoms. The Morgan fingerprint density at radius 2 is 1.74 bits per heavy atom. The van der Waals surface area contributed by atoms with Crippen LogP contribution in [0.5, 0.6) is 5.75 Å². The highest BCUT2D eigenvalue weighted by molar-refractivity contribution is 6.35. The monoisotopic (exact) mass is 487 g/mol. The zero-order valence-electron chi connectivity index (χ0n) is 19.7. The number of halogens is 1. The molecule has 2 N–H and O–H groups in total. The fourth-order valence-corrected chi connectivity index (χ4v) is 4.92. The fraction of sp³-hybridized carbons (Fsp3) is 0.276. The number of hydrogen-bond donors (Lipinski definition) is 1. The molecule has 1 fully saturated rings. The maximum Gasteiger partial charge on any atom is 0.149 e. The average molecular weight is 488 g/mol. The molecule has 5 rings (SSSR count). The Bertz CT molecular complexity index is 1260. The van der Waals surface area contributed by atoms with E-state index in [4.69, 9.17) is 26.8 Å². The first kappa shape index (κ1) is 23.8. The molecular weight excluding hydrogens is 458 g/mol. The van der Waals surface area contributed by atoms with E-state index in [-0.39, 0.29) is 5.92 Å². The predicted octanol–water partition coefficient (Wildman–Crippen LogP) is 5.39. The van der Waals surface area contributed by atoms with Crippen LogP contribution in [-0.4, -0.2) is 42.7 Å². The van der Waals surface area contributed by atoms with Gasteiger partial charge in [-0.15, -0.1) is 0 Å². The summed E-state index contributed by atoms with van der Waals surface area (Å²) in [7, 11) is 0. The van der Waals surface area contributed by atoms with Gasteiger partial charge in [-0.1, -0.05) is 66.2 Å². The summed E-state index contributed by atoms with van der Waals surface area (Å²) in [5.41, 5.74) is 11.6. The van der Waals surface area contributed by atoms with Crippen molar-refractivity contribution in [1.29, 1.82) is 0 Å². The van der Waals surface area contributed by atoms with Crippen LogP contribution in [0.2, 0.25) is 5.02 Å². The zero-order chi connectivity index (χ0) is 24.0. The molecule has 4 aromatic rings. The summed E-state index contributed by atoms with van der Waals surface area (Å²) in [5.74, 6) is 0.670. The zero-order valence-corrected chi connectivity index (χ0v) is 20.5. The molecule has 1 aliphatic rings. The maximum absolute atomic E-state index is 6.72. The number of nitrogens with two attached hydrogens (primary N) is 1. The molecule has 1 aliphatic heterocycles. The maximum atomic E-state index is 6.72. The second-order valence-electron chi connectivity index (χ2n) is 8.87. The van der Waals surface area contributed by atoms with Crippen molar-refractivity contribution in [3.63, 3.8) is 0 Å². The highest BCUT2D eigenvalue weighted by Gasteiger charge is 2.22. The molecule has 6 heteroatoms. The number of pyridine rings is 1. The third kappa shape index (κ3) is 5.49. The first-order valence-corrected chi connectivity index (χ1v) is 12.4. The largest absolute Gasteiger partial charge is 0.486 e. The van der Waals surface area contributed by atoms with Crippen molar-refractivity contribution in [2.24, 2.45) is 5.73 Å². The molecule has 5 nitrogen and oxygen atoms in total. The molecule has 3 aromatic carbocycles. The van der Waals surface area contributed by atoms with Crippen LogP contribution in [0, 0.1) is 0 Å². The van der Waals surface area contributed by atoms with Gasteiger partial charge in [0.05, 0.1) is 18.2 Å². The number of hydrogen-bond acceptors (Lipinski definition) is 5. The molecule has 1 aromatic heterocycles. The van der Waals surface area contributed by atoms with Gasteiger partial charge < -0.3 is 15.2 Å². The summed E-state index contributed by atoms with van der Waals surface area (Å²) in [4.78, 5) is 7.06. The number of morpholine rings is 1. The number of nitrogens with zero attached hydrogens (tertiary/aromatic N) is 2. The number of rotatable bonds is 8. The van der Waals surface area contributed by atoms with Crippen molar-refractivity contribution >= 4 is 22.5 Å². The molecule has 0 aliphatic carbocycles. The van der Waals surface area contributed by atoms with Gasteiger partial charge in [-0.25, -0.2) is 0 Å². The number of benzene rings is 3. The first-order chi connectivity index (χ1) is 17.2. The summed E-state index contributed by atoms with van der Waals surface area (Å²) in [5, 5.41) is 1.52. The quantitative estimate of drug-likeness (QED) is 0.361. The lowest BCUT2D eigenvalue weighted by atomic mass is 9.89. The lowest BCUT2D eigenvalue weighted by Gasteiger charge is -2.27. The second kappa shape index (κ2) is 11.2. The predicted molar refractivity (Wildman–Crippen MR) is 141 cm³/mol. The van der Waals surface area contributed by atoms with Crippen LogP contribution in [0.25, 0.3) is 10.9 Å². The Labute approximate surface area is 211 Å². The van der Waals surface area contributed by atoms with Gasteiger partial charge in [0, 0.05) is 49.2 Å². The summed E-state index contributed by atoms with van der Waals surface area (Å²) in [6.45, 7) is 5.34. The Kier molecular flexibility index (Phi) is 7.60. The third-order valence-corrected chi connectivity index (χ3v) is 6.87. The van der Waals surface area contributed by atoms with Gasteiger partial charge in [0.2, 0.25) is 0 Å². The van der Waals surface area contributed by atoms with Crippen molar-refractivity contribution < 1.29 is 9.47 Å². The summed E-state index contributed by atoms with van der Waals surface area (Å²) in [6, 6.07) is 24.7. The lowest BCUT2D eigenvalue weighted by molar-refractivity contribution is 0.0342. The molecule has 1 saturated heterocycles. The Morgan fingerprint density at radius 1 is 0.971 bits per heavy atom. The highest BCUT2D eigenvalue weighted by Crippen LogP contribution is 2.40. The molecule has 1 unspecified atom stereocenters. The van der Waals surface area contributed by atoms with Crippen LogP contribution in [0.3, 0.4) is 0 Å². The molecule has 35 heavy (non-hydrogen) atoms. The summed E-state index contributed by atoms with van der Waals surface area (Å²) < 4.78 is 11.9. The molecular formula is C29H30ClN3O2. The molecule has 180 valence electrons. The van der Waals surface area contributed by atoms with Crippen LogP contribution >= 0.6 is 11.6 Å². The van der Waals surface area contributed by atoms with Gasteiger partial charge in [0.15, 0.2) is 0 Å². The van der Waals surface area contributed by atoms with Crippen LogP contribution < -0.4 is 10.5 Å². The van der Waals surface area contributed by atoms with E-state index in [0.29, 0.717) is 18.2 Å². The van der Waals surface area contributed by atoms with E-state index in [0.717, 1.165) is 66.2 Å². The van der Waals surface area contributed by atoms with E-state index < -0.39 is 0 Å². The normalized spacial score (nSPS) is 15.3. The minimum Gasteiger partial charge on any atom is -0.486 e. The highest BCUT2D eigenvalue weighted by atomic mass is 35.5. The minimum absolute atomic E-state index is 0.0675. The van der Waals surface area contributed by atoms with E-state index in [1.807, 2.05) is 36.4 Å². The van der Waals surface area contributed by atoms with Crippen molar-refractivity contribution in [3.8, 4) is 5.75 Å². The van der Waals surface area contributed by atoms with E-state index in [1.54, 1.807) is 6.20 Å². The smallest absolute Gasteiger partial charge is 0.149 e. The van der Waals surface area contributed by atoms with Crippen LogP contribution in [0.4, 0.5) is 0 Å². The van der Waals surface area contributed by atoms with Crippen LogP contribution in [-0.2, 0) is 17.9 Å². The molecule has 0 radical (unpaired) electrons. The van der Waals surface area contributed by atoms with Gasteiger partial charge >= 0.3 is 0 Å². The number of fused-ring (bicyclic) bond motifs is 1. The van der Waals surface area contributed by atoms with Gasteiger partial charge in [-0.05, 0) is 34.9 Å². The van der Waals surface area contributed by atoms with E-state index >= 15 is 0 Å². The van der Waals surface area contributed by atoms with Gasteiger partial charge in [-0.3, -0.25) is 9.88 Å². The Hall–Kier alpha value is -2.96. The van der Waals surface area contributed by atoms with Crippen molar-refractivity contribution in [3.05, 3.63) is 106 Å². The fourth-order valence-electron chi connectivity index (χ4n) is 4.65. The average Bonchev–Trinajstić information content (AvgIpc) is 2.91. The Morgan fingerprint density at radius 3 is 2.49 bits per heavy atom. The van der Waals surface area contributed by atoms with E-state index in [1.165, 1.54) is 5.56 Å². The number of aromatic nitrogens is 1. The van der Waals surface area contributed by atoms with Crippen LogP contribution in [0.1, 0.15) is 28.2 Å². The topological polar surface area (TPSA) is 60.6 Å². The van der Waals surface area contributed by atoms with Crippen molar-refractivity contribution in [1.82, 2.24) is 9.88 Å². The first-order valence-electron chi connectivity index (χ1n) is 12.1.